The topological polar surface area (TPSA) is 158 Å². The fourth-order valence-corrected chi connectivity index (χ4v) is 1.56. The predicted octanol–water partition coefficient (Wildman–Crippen LogP) is -1.54. The lowest BCUT2D eigenvalue weighted by Gasteiger charge is -1.88. The molecule has 3 aromatic rings. The van der Waals surface area contributed by atoms with Gasteiger partial charge in [-0.25, -0.2) is 20.2 Å². The van der Waals surface area contributed by atoms with Gasteiger partial charge in [-0.1, -0.05) is 10.4 Å². The predicted molar refractivity (Wildman–Crippen MR) is 66.8 cm³/mol. The first kappa shape index (κ1) is 11.8. The SMILES string of the molecule is O=c1[nH]nnc2c1CC=N2.O=c1[nH]nnc2nc[nH]c12. The molecule has 100 valence electrons. The van der Waals surface area contributed by atoms with E-state index in [1.54, 1.807) is 6.21 Å². The first-order valence-corrected chi connectivity index (χ1v) is 5.47. The van der Waals surface area contributed by atoms with Crippen LogP contribution in [0.3, 0.4) is 0 Å². The Kier molecular flexibility index (Phi) is 2.84. The molecule has 4 rings (SSSR count). The molecule has 0 atom stereocenters. The van der Waals surface area contributed by atoms with Crippen LogP contribution in [0.25, 0.3) is 11.2 Å². The molecular formula is C9H7N9O2. The third-order valence-corrected chi connectivity index (χ3v) is 2.49. The van der Waals surface area contributed by atoms with E-state index in [1.165, 1.54) is 6.33 Å². The Balaban J connectivity index is 0.000000121. The maximum absolute atomic E-state index is 10.9. The molecule has 4 heterocycles. The molecule has 3 N–H and O–H groups in total. The van der Waals surface area contributed by atoms with Crippen molar-refractivity contribution in [3.8, 4) is 0 Å². The summed E-state index contributed by atoms with van der Waals surface area (Å²) >= 11 is 0. The number of hydrogen-bond donors (Lipinski definition) is 3. The van der Waals surface area contributed by atoms with Crippen LogP contribution in [-0.2, 0) is 6.42 Å². The highest BCUT2D eigenvalue weighted by atomic mass is 16.1. The monoisotopic (exact) mass is 273 g/mol. The minimum absolute atomic E-state index is 0.192. The lowest BCUT2D eigenvalue weighted by Crippen LogP contribution is -2.13. The summed E-state index contributed by atoms with van der Waals surface area (Å²) in [6.07, 6.45) is 3.61. The van der Waals surface area contributed by atoms with E-state index in [0.717, 1.165) is 0 Å². The maximum Gasteiger partial charge on any atom is 0.293 e. The van der Waals surface area contributed by atoms with Gasteiger partial charge < -0.3 is 4.98 Å². The first-order valence-electron chi connectivity index (χ1n) is 5.47. The minimum Gasteiger partial charge on any atom is -0.339 e. The number of aromatic amines is 3. The Bertz CT molecular complexity index is 890. The lowest BCUT2D eigenvalue weighted by atomic mass is 10.3. The zero-order chi connectivity index (χ0) is 13.9. The smallest absolute Gasteiger partial charge is 0.293 e. The van der Waals surface area contributed by atoms with Crippen LogP contribution in [0.15, 0.2) is 20.9 Å². The normalized spacial score (nSPS) is 12.0. The van der Waals surface area contributed by atoms with Crippen molar-refractivity contribution in [2.24, 2.45) is 4.99 Å². The van der Waals surface area contributed by atoms with E-state index in [9.17, 15) is 9.59 Å². The summed E-state index contributed by atoms with van der Waals surface area (Å²) < 4.78 is 0. The molecule has 1 aliphatic rings. The summed E-state index contributed by atoms with van der Waals surface area (Å²) in [4.78, 5) is 31.9. The number of rotatable bonds is 0. The fourth-order valence-electron chi connectivity index (χ4n) is 1.56. The van der Waals surface area contributed by atoms with Crippen molar-refractivity contribution in [2.75, 3.05) is 0 Å². The Hall–Kier alpha value is -3.24. The van der Waals surface area contributed by atoms with E-state index >= 15 is 0 Å². The largest absolute Gasteiger partial charge is 0.339 e. The van der Waals surface area contributed by atoms with Crippen molar-refractivity contribution < 1.29 is 0 Å². The molecule has 0 spiro atoms. The van der Waals surface area contributed by atoms with E-state index in [-0.39, 0.29) is 11.1 Å². The van der Waals surface area contributed by atoms with E-state index < -0.39 is 0 Å². The standard InChI is InChI=1S/C5H4N4O.C4H3N5O/c10-5-3-1-2-6-4(3)7-9-8-5;10-4-2-3(6-1-5-2)7-9-8-4/h2H,1H2,(H,7,8,10);1H,(H2,5,6,7,8,10). The highest BCUT2D eigenvalue weighted by Crippen LogP contribution is 2.13. The van der Waals surface area contributed by atoms with Crippen LogP contribution in [0, 0.1) is 0 Å². The van der Waals surface area contributed by atoms with Crippen molar-refractivity contribution in [3.05, 3.63) is 32.6 Å². The van der Waals surface area contributed by atoms with Gasteiger partial charge in [0.05, 0.1) is 11.9 Å². The fraction of sp³-hybridized carbons (Fsp3) is 0.111. The van der Waals surface area contributed by atoms with Gasteiger partial charge in [0.15, 0.2) is 11.3 Å². The zero-order valence-electron chi connectivity index (χ0n) is 9.86. The Morgan fingerprint density at radius 1 is 1.05 bits per heavy atom. The first-order chi connectivity index (χ1) is 9.75. The van der Waals surface area contributed by atoms with E-state index in [1.807, 2.05) is 0 Å². The number of aliphatic imine (C=N–C) groups is 1. The molecule has 20 heavy (non-hydrogen) atoms. The summed E-state index contributed by atoms with van der Waals surface area (Å²) in [5.41, 5.74) is 0.804. The quantitative estimate of drug-likeness (QED) is 0.447. The van der Waals surface area contributed by atoms with Crippen molar-refractivity contribution >= 4 is 23.2 Å². The van der Waals surface area contributed by atoms with Crippen molar-refractivity contribution in [3.63, 3.8) is 0 Å². The van der Waals surface area contributed by atoms with Crippen molar-refractivity contribution in [1.29, 1.82) is 0 Å². The van der Waals surface area contributed by atoms with Crippen LogP contribution >= 0.6 is 0 Å². The van der Waals surface area contributed by atoms with Gasteiger partial charge in [-0.3, -0.25) is 9.59 Å². The Morgan fingerprint density at radius 3 is 2.65 bits per heavy atom. The second kappa shape index (κ2) is 4.79. The van der Waals surface area contributed by atoms with Crippen LogP contribution in [0.1, 0.15) is 5.56 Å². The van der Waals surface area contributed by atoms with E-state index in [0.29, 0.717) is 29.0 Å². The second-order valence-electron chi connectivity index (χ2n) is 3.70. The summed E-state index contributed by atoms with van der Waals surface area (Å²) in [6, 6.07) is 0. The molecule has 0 amide bonds. The molecule has 0 unspecified atom stereocenters. The van der Waals surface area contributed by atoms with Crippen molar-refractivity contribution in [1.82, 2.24) is 40.8 Å². The second-order valence-corrected chi connectivity index (χ2v) is 3.70. The van der Waals surface area contributed by atoms with Gasteiger partial charge >= 0.3 is 0 Å². The van der Waals surface area contributed by atoms with Crippen LogP contribution in [0.2, 0.25) is 0 Å². The highest BCUT2D eigenvalue weighted by molar-refractivity contribution is 5.72. The van der Waals surface area contributed by atoms with Crippen LogP contribution in [0.5, 0.6) is 0 Å². The number of nitrogens with one attached hydrogen (secondary N) is 3. The Morgan fingerprint density at radius 2 is 1.85 bits per heavy atom. The molecule has 11 nitrogen and oxygen atoms in total. The molecule has 11 heteroatoms. The summed E-state index contributed by atoms with van der Waals surface area (Å²) in [6.45, 7) is 0. The number of hydrogen-bond acceptors (Lipinski definition) is 8. The molecule has 0 fully saturated rings. The molecule has 0 aliphatic carbocycles. The average molecular weight is 273 g/mol. The molecule has 0 saturated heterocycles. The lowest BCUT2D eigenvalue weighted by molar-refractivity contribution is 0.831. The van der Waals surface area contributed by atoms with Gasteiger partial charge in [-0.2, -0.15) is 0 Å². The van der Waals surface area contributed by atoms with E-state index in [2.05, 4.69) is 45.8 Å². The Labute approximate surface area is 109 Å². The molecule has 0 aromatic carbocycles. The van der Waals surface area contributed by atoms with E-state index in [4.69, 9.17) is 0 Å². The number of fused-ring (bicyclic) bond motifs is 2. The minimum atomic E-state index is -0.303. The molecule has 0 bridgehead atoms. The zero-order valence-corrected chi connectivity index (χ0v) is 9.86. The van der Waals surface area contributed by atoms with Crippen molar-refractivity contribution in [2.45, 2.75) is 6.42 Å². The van der Waals surface area contributed by atoms with Gasteiger partial charge in [0.1, 0.15) is 0 Å². The third kappa shape index (κ3) is 2.07. The van der Waals surface area contributed by atoms with Gasteiger partial charge in [0.2, 0.25) is 5.65 Å². The van der Waals surface area contributed by atoms with Crippen LogP contribution < -0.4 is 11.1 Å². The van der Waals surface area contributed by atoms with Gasteiger partial charge in [-0.05, 0) is 0 Å². The van der Waals surface area contributed by atoms with Crippen LogP contribution in [0.4, 0.5) is 5.82 Å². The maximum atomic E-state index is 10.9. The van der Waals surface area contributed by atoms with Crippen LogP contribution in [-0.4, -0.2) is 47.0 Å². The number of aromatic nitrogens is 8. The molecular weight excluding hydrogens is 266 g/mol. The summed E-state index contributed by atoms with van der Waals surface area (Å²) in [5, 5.41) is 18.2. The molecule has 1 aliphatic heterocycles. The number of imidazole rings is 1. The third-order valence-electron chi connectivity index (χ3n) is 2.49. The summed E-state index contributed by atoms with van der Waals surface area (Å²) in [7, 11) is 0. The van der Waals surface area contributed by atoms with Gasteiger partial charge in [0.25, 0.3) is 11.1 Å². The van der Waals surface area contributed by atoms with Gasteiger partial charge in [-0.15, -0.1) is 10.2 Å². The summed E-state index contributed by atoms with van der Waals surface area (Å²) in [5.74, 6) is 0.448. The highest BCUT2D eigenvalue weighted by Gasteiger charge is 2.11. The molecule has 0 radical (unpaired) electrons. The molecule has 3 aromatic heterocycles. The average Bonchev–Trinajstić information content (AvgIpc) is 3.08. The number of nitrogens with zero attached hydrogens (tertiary/aromatic N) is 6. The molecule has 0 saturated carbocycles. The van der Waals surface area contributed by atoms with Gasteiger partial charge in [0, 0.05) is 12.6 Å². The number of H-pyrrole nitrogens is 3.